The lowest BCUT2D eigenvalue weighted by molar-refractivity contribution is 0.589. The number of hydrogen-bond acceptors (Lipinski definition) is 2. The predicted molar refractivity (Wildman–Crippen MR) is 72.1 cm³/mol. The number of rotatable bonds is 2. The van der Waals surface area contributed by atoms with Crippen LogP contribution in [0.1, 0.15) is 5.56 Å². The van der Waals surface area contributed by atoms with E-state index >= 15 is 0 Å². The third kappa shape index (κ3) is 2.05. The van der Waals surface area contributed by atoms with Gasteiger partial charge in [-0.3, -0.25) is 0 Å². The molecule has 1 aromatic heterocycles. The molecule has 0 aliphatic heterocycles. The van der Waals surface area contributed by atoms with Gasteiger partial charge in [-0.1, -0.05) is 48.0 Å². The molecule has 3 aromatic rings. The molecular weight excluding hydrogens is 222 g/mol. The van der Waals surface area contributed by atoms with Crippen molar-refractivity contribution in [3.8, 4) is 22.8 Å². The van der Waals surface area contributed by atoms with Gasteiger partial charge in [0.2, 0.25) is 5.89 Å². The van der Waals surface area contributed by atoms with Crippen molar-refractivity contribution in [2.45, 2.75) is 6.92 Å². The van der Waals surface area contributed by atoms with Crippen LogP contribution in [0.4, 0.5) is 0 Å². The summed E-state index contributed by atoms with van der Waals surface area (Å²) in [6.07, 6.45) is 1.77. The fourth-order valence-corrected chi connectivity index (χ4v) is 1.92. The topological polar surface area (TPSA) is 26.0 Å². The summed E-state index contributed by atoms with van der Waals surface area (Å²) in [5.74, 6) is 1.46. The van der Waals surface area contributed by atoms with E-state index < -0.39 is 0 Å². The van der Waals surface area contributed by atoms with Crippen molar-refractivity contribution < 1.29 is 4.42 Å². The van der Waals surface area contributed by atoms with Crippen LogP contribution in [0.5, 0.6) is 0 Å². The zero-order valence-corrected chi connectivity index (χ0v) is 10.1. The number of nitrogens with zero attached hydrogens (tertiary/aromatic N) is 1. The van der Waals surface area contributed by atoms with E-state index in [1.807, 2.05) is 42.5 Å². The largest absolute Gasteiger partial charge is 0.436 e. The van der Waals surface area contributed by atoms with Crippen LogP contribution in [0.3, 0.4) is 0 Å². The summed E-state index contributed by atoms with van der Waals surface area (Å²) in [6, 6.07) is 18.1. The van der Waals surface area contributed by atoms with Crippen molar-refractivity contribution in [2.75, 3.05) is 0 Å². The molecule has 0 spiro atoms. The monoisotopic (exact) mass is 235 g/mol. The highest BCUT2D eigenvalue weighted by atomic mass is 16.4. The molecule has 2 nitrogen and oxygen atoms in total. The zero-order valence-electron chi connectivity index (χ0n) is 10.1. The average molecular weight is 235 g/mol. The van der Waals surface area contributed by atoms with Gasteiger partial charge in [-0.05, 0) is 19.1 Å². The van der Waals surface area contributed by atoms with Gasteiger partial charge >= 0.3 is 0 Å². The molecule has 88 valence electrons. The van der Waals surface area contributed by atoms with E-state index in [2.05, 4.69) is 24.0 Å². The van der Waals surface area contributed by atoms with Gasteiger partial charge in [0.15, 0.2) is 5.76 Å². The van der Waals surface area contributed by atoms with Gasteiger partial charge in [-0.2, -0.15) is 0 Å². The van der Waals surface area contributed by atoms with E-state index in [0.717, 1.165) is 16.9 Å². The van der Waals surface area contributed by atoms with Gasteiger partial charge in [-0.15, -0.1) is 0 Å². The molecular formula is C16H13NO. The quantitative estimate of drug-likeness (QED) is 0.661. The molecule has 0 bridgehead atoms. The Morgan fingerprint density at radius 2 is 1.67 bits per heavy atom. The summed E-state index contributed by atoms with van der Waals surface area (Å²) in [4.78, 5) is 4.34. The smallest absolute Gasteiger partial charge is 0.226 e. The Labute approximate surface area is 106 Å². The number of hydrogen-bond donors (Lipinski definition) is 0. The maximum Gasteiger partial charge on any atom is 0.226 e. The van der Waals surface area contributed by atoms with Crippen LogP contribution in [-0.4, -0.2) is 4.98 Å². The molecule has 1 heterocycles. The van der Waals surface area contributed by atoms with Crippen LogP contribution in [0.15, 0.2) is 65.2 Å². The van der Waals surface area contributed by atoms with Crippen LogP contribution >= 0.6 is 0 Å². The molecule has 0 fully saturated rings. The van der Waals surface area contributed by atoms with Crippen molar-refractivity contribution in [3.63, 3.8) is 0 Å². The van der Waals surface area contributed by atoms with Crippen molar-refractivity contribution >= 4 is 0 Å². The Hall–Kier alpha value is -2.35. The van der Waals surface area contributed by atoms with Gasteiger partial charge in [0.1, 0.15) is 0 Å². The van der Waals surface area contributed by atoms with Crippen LogP contribution in [0, 0.1) is 6.92 Å². The zero-order chi connectivity index (χ0) is 12.4. The molecule has 2 aromatic carbocycles. The molecule has 0 N–H and O–H groups in total. The third-order valence-electron chi connectivity index (χ3n) is 2.83. The highest BCUT2D eigenvalue weighted by Gasteiger charge is 2.07. The standard InChI is InChI=1S/C16H13NO/c1-12-6-5-9-14(10-12)16-17-11-15(18-16)13-7-3-2-4-8-13/h2-11H,1H3. The highest BCUT2D eigenvalue weighted by Crippen LogP contribution is 2.26. The van der Waals surface area contributed by atoms with Gasteiger partial charge in [0.25, 0.3) is 0 Å². The van der Waals surface area contributed by atoms with E-state index in [9.17, 15) is 0 Å². The molecule has 0 radical (unpaired) electrons. The van der Waals surface area contributed by atoms with Gasteiger partial charge in [-0.25, -0.2) is 4.98 Å². The predicted octanol–water partition coefficient (Wildman–Crippen LogP) is 4.32. The Morgan fingerprint density at radius 1 is 0.889 bits per heavy atom. The van der Waals surface area contributed by atoms with E-state index in [-0.39, 0.29) is 0 Å². The van der Waals surface area contributed by atoms with Gasteiger partial charge < -0.3 is 4.42 Å². The van der Waals surface area contributed by atoms with Crippen LogP contribution in [-0.2, 0) is 0 Å². The van der Waals surface area contributed by atoms with E-state index in [0.29, 0.717) is 5.89 Å². The lowest BCUT2D eigenvalue weighted by Crippen LogP contribution is -1.77. The number of benzene rings is 2. The third-order valence-corrected chi connectivity index (χ3v) is 2.83. The first-order chi connectivity index (χ1) is 8.83. The minimum Gasteiger partial charge on any atom is -0.436 e. The Morgan fingerprint density at radius 3 is 2.44 bits per heavy atom. The summed E-state index contributed by atoms with van der Waals surface area (Å²) in [6.45, 7) is 2.06. The number of aromatic nitrogens is 1. The molecule has 2 heteroatoms. The van der Waals surface area contributed by atoms with E-state index in [1.165, 1.54) is 5.56 Å². The SMILES string of the molecule is Cc1cccc(-c2ncc(-c3ccccc3)o2)c1. The van der Waals surface area contributed by atoms with Gasteiger partial charge in [0.05, 0.1) is 6.20 Å². The molecule has 0 aliphatic carbocycles. The molecule has 0 aliphatic rings. The Balaban J connectivity index is 2.00. The molecule has 0 unspecified atom stereocenters. The first-order valence-corrected chi connectivity index (χ1v) is 5.91. The van der Waals surface area contributed by atoms with Crippen LogP contribution in [0.2, 0.25) is 0 Å². The summed E-state index contributed by atoms with van der Waals surface area (Å²) in [7, 11) is 0. The number of aryl methyl sites for hydroxylation is 1. The number of oxazole rings is 1. The molecule has 18 heavy (non-hydrogen) atoms. The van der Waals surface area contributed by atoms with Crippen molar-refractivity contribution in [3.05, 3.63) is 66.4 Å². The average Bonchev–Trinajstić information content (AvgIpc) is 2.89. The maximum atomic E-state index is 5.80. The molecule has 0 amide bonds. The second kappa shape index (κ2) is 4.49. The van der Waals surface area contributed by atoms with Crippen LogP contribution < -0.4 is 0 Å². The lowest BCUT2D eigenvalue weighted by atomic mass is 10.1. The second-order valence-electron chi connectivity index (χ2n) is 4.27. The molecule has 0 atom stereocenters. The summed E-state index contributed by atoms with van der Waals surface area (Å²) in [5, 5.41) is 0. The molecule has 3 rings (SSSR count). The van der Waals surface area contributed by atoms with E-state index in [1.54, 1.807) is 6.20 Å². The fourth-order valence-electron chi connectivity index (χ4n) is 1.92. The van der Waals surface area contributed by atoms with Crippen LogP contribution in [0.25, 0.3) is 22.8 Å². The minimum absolute atomic E-state index is 0.664. The Kier molecular flexibility index (Phi) is 2.69. The summed E-state index contributed by atoms with van der Waals surface area (Å²) < 4.78 is 5.80. The first-order valence-electron chi connectivity index (χ1n) is 5.91. The highest BCUT2D eigenvalue weighted by molar-refractivity contribution is 5.61. The summed E-state index contributed by atoms with van der Waals surface area (Å²) >= 11 is 0. The fraction of sp³-hybridized carbons (Fsp3) is 0.0625. The summed E-state index contributed by atoms with van der Waals surface area (Å²) in [5.41, 5.74) is 3.26. The van der Waals surface area contributed by atoms with Crippen molar-refractivity contribution in [1.82, 2.24) is 4.98 Å². The minimum atomic E-state index is 0.664. The molecule has 0 saturated heterocycles. The van der Waals surface area contributed by atoms with Crippen molar-refractivity contribution in [2.24, 2.45) is 0 Å². The normalized spacial score (nSPS) is 10.5. The van der Waals surface area contributed by atoms with Gasteiger partial charge in [0, 0.05) is 11.1 Å². The molecule has 0 saturated carbocycles. The Bertz CT molecular complexity index is 656. The lowest BCUT2D eigenvalue weighted by Gasteiger charge is -1.97. The van der Waals surface area contributed by atoms with Crippen molar-refractivity contribution in [1.29, 1.82) is 0 Å². The first kappa shape index (κ1) is 10.8. The second-order valence-corrected chi connectivity index (χ2v) is 4.27. The van der Waals surface area contributed by atoms with E-state index in [4.69, 9.17) is 4.42 Å². The maximum absolute atomic E-state index is 5.80.